The highest BCUT2D eigenvalue weighted by Crippen LogP contribution is 2.25. The van der Waals surface area contributed by atoms with Crippen molar-refractivity contribution in [3.63, 3.8) is 0 Å². The lowest BCUT2D eigenvalue weighted by Gasteiger charge is -2.24. The number of hydrogen-bond donors (Lipinski definition) is 2. The molecule has 1 aliphatic heterocycles. The molecule has 2 N–H and O–H groups in total. The number of anilines is 2. The molecular weight excluding hydrogens is 240 g/mol. The summed E-state index contributed by atoms with van der Waals surface area (Å²) in [6.45, 7) is 7.99. The van der Waals surface area contributed by atoms with Crippen LogP contribution in [0.4, 0.5) is 11.6 Å². The molecule has 1 saturated heterocycles. The van der Waals surface area contributed by atoms with Crippen LogP contribution >= 0.6 is 0 Å². The monoisotopic (exact) mass is 264 g/mol. The van der Waals surface area contributed by atoms with Crippen LogP contribution in [0.25, 0.3) is 0 Å². The molecule has 0 spiro atoms. The van der Waals surface area contributed by atoms with Gasteiger partial charge in [-0.1, -0.05) is 13.8 Å². The molecule has 0 aliphatic carbocycles. The fourth-order valence-electron chi connectivity index (χ4n) is 2.20. The van der Waals surface area contributed by atoms with Crippen LogP contribution in [-0.4, -0.2) is 35.8 Å². The minimum Gasteiger partial charge on any atom is -0.373 e. The average Bonchev–Trinajstić information content (AvgIpc) is 2.83. The highest BCUT2D eigenvalue weighted by molar-refractivity contribution is 5.47. The van der Waals surface area contributed by atoms with Crippen LogP contribution in [0.3, 0.4) is 0 Å². The van der Waals surface area contributed by atoms with Gasteiger partial charge >= 0.3 is 0 Å². The van der Waals surface area contributed by atoms with Gasteiger partial charge in [0.05, 0.1) is 5.60 Å². The van der Waals surface area contributed by atoms with Crippen molar-refractivity contribution in [3.05, 3.63) is 11.9 Å². The first-order chi connectivity index (χ1) is 9.02. The molecule has 0 aromatic carbocycles. The topological polar surface area (TPSA) is 59.1 Å². The molecule has 19 heavy (non-hydrogen) atoms. The van der Waals surface area contributed by atoms with Crippen LogP contribution < -0.4 is 10.6 Å². The second-order valence-corrected chi connectivity index (χ2v) is 5.66. The van der Waals surface area contributed by atoms with Gasteiger partial charge in [0.2, 0.25) is 0 Å². The van der Waals surface area contributed by atoms with E-state index >= 15 is 0 Å². The van der Waals surface area contributed by atoms with E-state index in [0.29, 0.717) is 5.92 Å². The number of ether oxygens (including phenoxy) is 1. The van der Waals surface area contributed by atoms with Gasteiger partial charge < -0.3 is 15.4 Å². The van der Waals surface area contributed by atoms with E-state index in [1.54, 1.807) is 0 Å². The summed E-state index contributed by atoms with van der Waals surface area (Å²) in [6, 6.07) is 1.93. The van der Waals surface area contributed by atoms with Crippen LogP contribution in [0.2, 0.25) is 0 Å². The van der Waals surface area contributed by atoms with Crippen molar-refractivity contribution in [1.82, 2.24) is 9.97 Å². The molecule has 1 aromatic rings. The molecule has 0 bridgehead atoms. The third kappa shape index (κ3) is 3.56. The molecule has 1 aromatic heterocycles. The maximum atomic E-state index is 5.77. The Morgan fingerprint density at radius 3 is 2.68 bits per heavy atom. The predicted octanol–water partition coefficient (Wildman–Crippen LogP) is 2.62. The van der Waals surface area contributed by atoms with Gasteiger partial charge in [-0.2, -0.15) is 0 Å². The van der Waals surface area contributed by atoms with E-state index < -0.39 is 0 Å². The predicted molar refractivity (Wildman–Crippen MR) is 77.7 cm³/mol. The van der Waals surface area contributed by atoms with Crippen LogP contribution in [0, 0.1) is 0 Å². The second-order valence-electron chi connectivity index (χ2n) is 5.66. The quantitative estimate of drug-likeness (QED) is 0.856. The highest BCUT2D eigenvalue weighted by Gasteiger charge is 2.29. The van der Waals surface area contributed by atoms with Crippen LogP contribution in [0.1, 0.15) is 45.4 Å². The van der Waals surface area contributed by atoms with Crippen LogP contribution in [-0.2, 0) is 4.74 Å². The number of nitrogens with zero attached hydrogens (tertiary/aromatic N) is 2. The third-order valence-electron chi connectivity index (χ3n) is 3.46. The summed E-state index contributed by atoms with van der Waals surface area (Å²) in [6.07, 6.45) is 2.24. The number of aromatic nitrogens is 2. The number of rotatable bonds is 5. The smallest absolute Gasteiger partial charge is 0.135 e. The van der Waals surface area contributed by atoms with Gasteiger partial charge in [-0.15, -0.1) is 0 Å². The molecule has 1 atom stereocenters. The van der Waals surface area contributed by atoms with Crippen molar-refractivity contribution in [2.45, 2.75) is 45.1 Å². The van der Waals surface area contributed by atoms with E-state index in [9.17, 15) is 0 Å². The zero-order valence-electron chi connectivity index (χ0n) is 12.3. The van der Waals surface area contributed by atoms with Crippen molar-refractivity contribution >= 4 is 11.6 Å². The normalized spacial score (nSPS) is 22.8. The van der Waals surface area contributed by atoms with Crippen LogP contribution in [0.5, 0.6) is 0 Å². The van der Waals surface area contributed by atoms with Gasteiger partial charge in [0.1, 0.15) is 17.5 Å². The molecule has 5 nitrogen and oxygen atoms in total. The number of hydrogen-bond acceptors (Lipinski definition) is 5. The Bertz CT molecular complexity index is 427. The van der Waals surface area contributed by atoms with Gasteiger partial charge in [0, 0.05) is 32.2 Å². The van der Waals surface area contributed by atoms with E-state index in [-0.39, 0.29) is 5.60 Å². The van der Waals surface area contributed by atoms with Crippen molar-refractivity contribution in [3.8, 4) is 0 Å². The Balaban J connectivity index is 2.08. The first kappa shape index (κ1) is 14.1. The maximum Gasteiger partial charge on any atom is 0.135 e. The summed E-state index contributed by atoms with van der Waals surface area (Å²) >= 11 is 0. The molecular formula is C14H24N4O. The van der Waals surface area contributed by atoms with Gasteiger partial charge in [-0.25, -0.2) is 9.97 Å². The highest BCUT2D eigenvalue weighted by atomic mass is 16.5. The maximum absolute atomic E-state index is 5.77. The van der Waals surface area contributed by atoms with E-state index in [0.717, 1.165) is 43.5 Å². The van der Waals surface area contributed by atoms with E-state index in [4.69, 9.17) is 4.74 Å². The molecule has 1 unspecified atom stereocenters. The van der Waals surface area contributed by atoms with Crippen molar-refractivity contribution in [2.75, 3.05) is 30.8 Å². The zero-order valence-corrected chi connectivity index (χ0v) is 12.3. The Morgan fingerprint density at radius 1 is 1.37 bits per heavy atom. The number of nitrogens with one attached hydrogen (secondary N) is 2. The van der Waals surface area contributed by atoms with Crippen molar-refractivity contribution < 1.29 is 4.74 Å². The SMILES string of the molecule is CNc1cc(NCC2(C)CCCO2)nc(C(C)C)n1. The standard InChI is InChI=1S/C14H24N4O/c1-10(2)13-17-11(15-4)8-12(18-13)16-9-14(3)6-5-7-19-14/h8,10H,5-7,9H2,1-4H3,(H2,15,16,17,18). The summed E-state index contributed by atoms with van der Waals surface area (Å²) in [4.78, 5) is 9.01. The summed E-state index contributed by atoms with van der Waals surface area (Å²) < 4.78 is 5.77. The van der Waals surface area contributed by atoms with E-state index in [1.165, 1.54) is 0 Å². The molecule has 0 saturated carbocycles. The molecule has 2 heterocycles. The molecule has 1 aliphatic rings. The molecule has 0 radical (unpaired) electrons. The Hall–Kier alpha value is -1.36. The first-order valence-electron chi connectivity index (χ1n) is 6.97. The Morgan fingerprint density at radius 2 is 2.11 bits per heavy atom. The Labute approximate surface area is 115 Å². The lowest BCUT2D eigenvalue weighted by Crippen LogP contribution is -2.32. The molecule has 1 fully saturated rings. The Kier molecular flexibility index (Phi) is 4.24. The average molecular weight is 264 g/mol. The summed E-state index contributed by atoms with van der Waals surface area (Å²) in [5, 5.41) is 6.46. The summed E-state index contributed by atoms with van der Waals surface area (Å²) in [5.74, 6) is 2.87. The first-order valence-corrected chi connectivity index (χ1v) is 6.97. The summed E-state index contributed by atoms with van der Waals surface area (Å²) in [7, 11) is 1.87. The van der Waals surface area contributed by atoms with E-state index in [2.05, 4.69) is 41.4 Å². The van der Waals surface area contributed by atoms with Gasteiger partial charge in [-0.05, 0) is 19.8 Å². The third-order valence-corrected chi connectivity index (χ3v) is 3.46. The molecule has 0 amide bonds. The van der Waals surface area contributed by atoms with E-state index in [1.807, 2.05) is 13.1 Å². The van der Waals surface area contributed by atoms with Gasteiger partial charge in [0.25, 0.3) is 0 Å². The largest absolute Gasteiger partial charge is 0.373 e. The fourth-order valence-corrected chi connectivity index (χ4v) is 2.20. The van der Waals surface area contributed by atoms with Gasteiger partial charge in [0.15, 0.2) is 0 Å². The fraction of sp³-hybridized carbons (Fsp3) is 0.714. The lowest BCUT2D eigenvalue weighted by molar-refractivity contribution is 0.0314. The molecule has 106 valence electrons. The zero-order chi connectivity index (χ0) is 13.9. The lowest BCUT2D eigenvalue weighted by atomic mass is 10.0. The molecule has 2 rings (SSSR count). The minimum absolute atomic E-state index is 0.0667. The minimum atomic E-state index is -0.0667. The van der Waals surface area contributed by atoms with Crippen LogP contribution in [0.15, 0.2) is 6.07 Å². The van der Waals surface area contributed by atoms with Gasteiger partial charge in [-0.3, -0.25) is 0 Å². The summed E-state index contributed by atoms with van der Waals surface area (Å²) in [5.41, 5.74) is -0.0667. The molecule has 5 heteroatoms. The van der Waals surface area contributed by atoms with Crippen molar-refractivity contribution in [1.29, 1.82) is 0 Å². The second kappa shape index (κ2) is 5.74. The van der Waals surface area contributed by atoms with Crippen molar-refractivity contribution in [2.24, 2.45) is 0 Å².